The molecule has 4 heteroatoms. The van der Waals surface area contributed by atoms with Gasteiger partial charge in [-0.25, -0.2) is 4.79 Å². The Bertz CT molecular complexity index is 472. The van der Waals surface area contributed by atoms with Crippen molar-refractivity contribution in [3.05, 3.63) is 48.0 Å². The van der Waals surface area contributed by atoms with Crippen LogP contribution in [0, 0.1) is 5.92 Å². The standard InChI is InChI=1S/C15H19N3O/c19-15-17-9-10-18(15)14-13(7-4-8-16-14)11-12-5-2-1-3-6-12/h1-7,13-14,16H,8-11H2,(H,17,19). The highest BCUT2D eigenvalue weighted by molar-refractivity contribution is 5.76. The second kappa shape index (κ2) is 5.45. The number of nitrogens with one attached hydrogen (secondary N) is 2. The second-order valence-corrected chi connectivity index (χ2v) is 5.06. The summed E-state index contributed by atoms with van der Waals surface area (Å²) in [5.41, 5.74) is 1.31. The highest BCUT2D eigenvalue weighted by Crippen LogP contribution is 2.20. The van der Waals surface area contributed by atoms with Crippen LogP contribution in [0.15, 0.2) is 42.5 Å². The zero-order chi connectivity index (χ0) is 13.1. The third-order valence-electron chi connectivity index (χ3n) is 3.77. The molecule has 2 heterocycles. The average Bonchev–Trinajstić information content (AvgIpc) is 2.87. The van der Waals surface area contributed by atoms with Crippen LogP contribution in [0.2, 0.25) is 0 Å². The van der Waals surface area contributed by atoms with E-state index in [0.29, 0.717) is 5.92 Å². The van der Waals surface area contributed by atoms with Crippen molar-refractivity contribution in [1.29, 1.82) is 0 Å². The van der Waals surface area contributed by atoms with E-state index in [0.717, 1.165) is 26.1 Å². The number of hydrogen-bond donors (Lipinski definition) is 2. The highest BCUT2D eigenvalue weighted by atomic mass is 16.2. The van der Waals surface area contributed by atoms with Crippen molar-refractivity contribution in [3.63, 3.8) is 0 Å². The molecule has 2 unspecified atom stereocenters. The molecule has 1 saturated heterocycles. The Kier molecular flexibility index (Phi) is 3.51. The van der Waals surface area contributed by atoms with E-state index in [1.54, 1.807) is 0 Å². The molecule has 2 amide bonds. The lowest BCUT2D eigenvalue weighted by Crippen LogP contribution is -2.53. The second-order valence-electron chi connectivity index (χ2n) is 5.06. The summed E-state index contributed by atoms with van der Waals surface area (Å²) in [5, 5.41) is 6.31. The number of benzene rings is 1. The number of amides is 2. The highest BCUT2D eigenvalue weighted by Gasteiger charge is 2.33. The van der Waals surface area contributed by atoms with E-state index in [4.69, 9.17) is 0 Å². The minimum absolute atomic E-state index is 0.0471. The van der Waals surface area contributed by atoms with Gasteiger partial charge in [-0.1, -0.05) is 42.5 Å². The monoisotopic (exact) mass is 257 g/mol. The fraction of sp³-hybridized carbons (Fsp3) is 0.400. The molecular weight excluding hydrogens is 238 g/mol. The molecule has 0 saturated carbocycles. The normalized spacial score (nSPS) is 26.5. The van der Waals surface area contributed by atoms with Crippen LogP contribution >= 0.6 is 0 Å². The maximum atomic E-state index is 11.8. The molecule has 1 fully saturated rings. The van der Waals surface area contributed by atoms with Crippen LogP contribution in [0.5, 0.6) is 0 Å². The first-order valence-corrected chi connectivity index (χ1v) is 6.83. The number of rotatable bonds is 3. The minimum atomic E-state index is 0.0471. The zero-order valence-electron chi connectivity index (χ0n) is 10.9. The lowest BCUT2D eigenvalue weighted by molar-refractivity contribution is 0.161. The van der Waals surface area contributed by atoms with Crippen LogP contribution in [0.3, 0.4) is 0 Å². The van der Waals surface area contributed by atoms with E-state index in [2.05, 4.69) is 47.1 Å². The van der Waals surface area contributed by atoms with Crippen molar-refractivity contribution in [2.45, 2.75) is 12.6 Å². The van der Waals surface area contributed by atoms with Crippen LogP contribution < -0.4 is 10.6 Å². The molecule has 2 aliphatic heterocycles. The summed E-state index contributed by atoms with van der Waals surface area (Å²) in [6.45, 7) is 2.37. The van der Waals surface area contributed by atoms with Crippen LogP contribution in [-0.4, -0.2) is 36.7 Å². The van der Waals surface area contributed by atoms with E-state index in [9.17, 15) is 4.79 Å². The van der Waals surface area contributed by atoms with Crippen LogP contribution in [0.1, 0.15) is 5.56 Å². The molecular formula is C15H19N3O. The molecule has 1 aromatic carbocycles. The van der Waals surface area contributed by atoms with Gasteiger partial charge in [-0.15, -0.1) is 0 Å². The van der Waals surface area contributed by atoms with Crippen LogP contribution in [0.4, 0.5) is 4.79 Å². The van der Waals surface area contributed by atoms with Crippen molar-refractivity contribution >= 4 is 6.03 Å². The molecule has 0 aliphatic carbocycles. The Morgan fingerprint density at radius 3 is 2.84 bits per heavy atom. The molecule has 0 bridgehead atoms. The molecule has 2 N–H and O–H groups in total. The third kappa shape index (κ3) is 2.63. The maximum Gasteiger partial charge on any atom is 0.318 e. The molecule has 0 spiro atoms. The van der Waals surface area contributed by atoms with E-state index in [-0.39, 0.29) is 12.2 Å². The van der Waals surface area contributed by atoms with Gasteiger partial charge in [0.25, 0.3) is 0 Å². The smallest absolute Gasteiger partial charge is 0.318 e. The molecule has 4 nitrogen and oxygen atoms in total. The van der Waals surface area contributed by atoms with Gasteiger partial charge in [0.05, 0.1) is 6.17 Å². The summed E-state index contributed by atoms with van der Waals surface area (Å²) in [7, 11) is 0. The van der Waals surface area contributed by atoms with Gasteiger partial charge in [0.15, 0.2) is 0 Å². The Morgan fingerprint density at radius 1 is 1.26 bits per heavy atom. The molecule has 0 aromatic heterocycles. The van der Waals surface area contributed by atoms with Crippen molar-refractivity contribution in [2.75, 3.05) is 19.6 Å². The summed E-state index contributed by atoms with van der Waals surface area (Å²) in [6, 6.07) is 10.5. The first-order chi connectivity index (χ1) is 9.34. The predicted molar refractivity (Wildman–Crippen MR) is 74.7 cm³/mol. The molecule has 3 rings (SSSR count). The average molecular weight is 257 g/mol. The van der Waals surface area contributed by atoms with Crippen molar-refractivity contribution in [1.82, 2.24) is 15.5 Å². The quantitative estimate of drug-likeness (QED) is 0.803. The minimum Gasteiger partial charge on any atom is -0.336 e. The fourth-order valence-electron chi connectivity index (χ4n) is 2.85. The van der Waals surface area contributed by atoms with Gasteiger partial charge in [0, 0.05) is 25.6 Å². The summed E-state index contributed by atoms with van der Waals surface area (Å²) < 4.78 is 0. The van der Waals surface area contributed by atoms with Gasteiger partial charge in [0.2, 0.25) is 0 Å². The van der Waals surface area contributed by atoms with E-state index < -0.39 is 0 Å². The summed E-state index contributed by atoms with van der Waals surface area (Å²) in [4.78, 5) is 13.7. The van der Waals surface area contributed by atoms with Crippen molar-refractivity contribution < 1.29 is 4.79 Å². The summed E-state index contributed by atoms with van der Waals surface area (Å²) in [5.74, 6) is 0.333. The lowest BCUT2D eigenvalue weighted by atomic mass is 9.93. The number of carbonyl (C=O) groups is 1. The molecule has 0 radical (unpaired) electrons. The van der Waals surface area contributed by atoms with Gasteiger partial charge in [-0.2, -0.15) is 0 Å². The molecule has 19 heavy (non-hydrogen) atoms. The van der Waals surface area contributed by atoms with E-state index in [1.165, 1.54) is 5.56 Å². The Hall–Kier alpha value is -1.81. The van der Waals surface area contributed by atoms with Gasteiger partial charge in [-0.05, 0) is 12.0 Å². The number of urea groups is 1. The lowest BCUT2D eigenvalue weighted by Gasteiger charge is -2.35. The summed E-state index contributed by atoms with van der Waals surface area (Å²) in [6.07, 6.45) is 5.45. The zero-order valence-corrected chi connectivity index (χ0v) is 10.9. The maximum absolute atomic E-state index is 11.8. The molecule has 1 aromatic rings. The molecule has 100 valence electrons. The number of carbonyl (C=O) groups excluding carboxylic acids is 1. The fourth-order valence-corrected chi connectivity index (χ4v) is 2.85. The van der Waals surface area contributed by atoms with Crippen LogP contribution in [-0.2, 0) is 6.42 Å². The van der Waals surface area contributed by atoms with Gasteiger partial charge >= 0.3 is 6.03 Å². The molecule has 2 atom stereocenters. The first-order valence-electron chi connectivity index (χ1n) is 6.83. The Morgan fingerprint density at radius 2 is 2.11 bits per heavy atom. The Labute approximate surface area is 113 Å². The van der Waals surface area contributed by atoms with E-state index >= 15 is 0 Å². The predicted octanol–water partition coefficient (Wildman–Crippen LogP) is 1.36. The topological polar surface area (TPSA) is 44.4 Å². The summed E-state index contributed by atoms with van der Waals surface area (Å²) >= 11 is 0. The third-order valence-corrected chi connectivity index (χ3v) is 3.77. The van der Waals surface area contributed by atoms with Crippen molar-refractivity contribution in [3.8, 4) is 0 Å². The number of nitrogens with zero attached hydrogens (tertiary/aromatic N) is 1. The first kappa shape index (κ1) is 12.2. The van der Waals surface area contributed by atoms with Gasteiger partial charge in [-0.3, -0.25) is 5.32 Å². The number of hydrogen-bond acceptors (Lipinski definition) is 2. The van der Waals surface area contributed by atoms with E-state index in [1.807, 2.05) is 11.0 Å². The van der Waals surface area contributed by atoms with Crippen molar-refractivity contribution in [2.24, 2.45) is 5.92 Å². The SMILES string of the molecule is O=C1NCCN1C1NCC=CC1Cc1ccccc1. The Balaban J connectivity index is 1.75. The molecule has 2 aliphatic rings. The van der Waals surface area contributed by atoms with Crippen LogP contribution in [0.25, 0.3) is 0 Å². The largest absolute Gasteiger partial charge is 0.336 e. The van der Waals surface area contributed by atoms with Gasteiger partial charge < -0.3 is 10.2 Å². The van der Waals surface area contributed by atoms with Gasteiger partial charge in [0.1, 0.15) is 0 Å².